The summed E-state index contributed by atoms with van der Waals surface area (Å²) in [6.45, 7) is 5.22. The molecule has 0 saturated heterocycles. The van der Waals surface area contributed by atoms with Crippen molar-refractivity contribution in [3.8, 4) is 0 Å². The lowest BCUT2D eigenvalue weighted by Gasteiger charge is -2.28. The van der Waals surface area contributed by atoms with E-state index < -0.39 is 24.4 Å². The van der Waals surface area contributed by atoms with E-state index in [1.165, 1.54) is 4.90 Å². The fourth-order valence-electron chi connectivity index (χ4n) is 1.33. The Labute approximate surface area is 108 Å². The average Bonchev–Trinajstić information content (AvgIpc) is 2.25. The molecule has 5 nitrogen and oxygen atoms in total. The molecule has 0 aromatic rings. The second kappa shape index (κ2) is 8.26. The molecule has 1 amide bonds. The van der Waals surface area contributed by atoms with E-state index in [4.69, 9.17) is 15.6 Å². The normalized spacial score (nSPS) is 13.2. The van der Waals surface area contributed by atoms with Crippen molar-refractivity contribution in [2.24, 2.45) is 5.73 Å². The summed E-state index contributed by atoms with van der Waals surface area (Å²) in [4.78, 5) is 13.3. The molecule has 0 spiro atoms. The van der Waals surface area contributed by atoms with Crippen LogP contribution in [0, 0.1) is 0 Å². The molecule has 0 aliphatic carbocycles. The molecule has 0 fully saturated rings. The van der Waals surface area contributed by atoms with Crippen LogP contribution < -0.4 is 5.73 Å². The molecule has 0 heterocycles. The highest BCUT2D eigenvalue weighted by Gasteiger charge is 2.23. The number of unbranched alkanes of at least 4 members (excludes halogenated alkanes) is 1. The van der Waals surface area contributed by atoms with Gasteiger partial charge < -0.3 is 20.5 Å². The summed E-state index contributed by atoms with van der Waals surface area (Å²) in [5.41, 5.74) is 4.91. The molecule has 6 heteroatoms. The quantitative estimate of drug-likeness (QED) is 0.679. The SMILES string of the molecule is CC(C)(C)OC(=O)N(CCCCO)C[C@H](N)CF. The molecule has 108 valence electrons. The van der Waals surface area contributed by atoms with Gasteiger partial charge in [-0.1, -0.05) is 0 Å². The van der Waals surface area contributed by atoms with E-state index in [9.17, 15) is 9.18 Å². The van der Waals surface area contributed by atoms with E-state index >= 15 is 0 Å². The number of hydrogen-bond acceptors (Lipinski definition) is 4. The van der Waals surface area contributed by atoms with Crippen molar-refractivity contribution in [1.29, 1.82) is 0 Å². The van der Waals surface area contributed by atoms with Gasteiger partial charge in [0.25, 0.3) is 0 Å². The first-order valence-electron chi connectivity index (χ1n) is 6.20. The molecule has 0 unspecified atom stereocenters. The fraction of sp³-hybridized carbons (Fsp3) is 0.917. The van der Waals surface area contributed by atoms with Gasteiger partial charge in [0.1, 0.15) is 12.3 Å². The Balaban J connectivity index is 4.39. The lowest BCUT2D eigenvalue weighted by atomic mass is 10.2. The molecular weight excluding hydrogens is 239 g/mol. The second-order valence-corrected chi connectivity index (χ2v) is 5.27. The van der Waals surface area contributed by atoms with Gasteiger partial charge in [-0.25, -0.2) is 9.18 Å². The summed E-state index contributed by atoms with van der Waals surface area (Å²) in [5, 5.41) is 8.71. The summed E-state index contributed by atoms with van der Waals surface area (Å²) < 4.78 is 17.6. The number of rotatable bonds is 7. The van der Waals surface area contributed by atoms with E-state index in [2.05, 4.69) is 0 Å². The standard InChI is InChI=1S/C12H25FN2O3/c1-12(2,3)18-11(17)15(6-4-5-7-16)9-10(14)8-13/h10,16H,4-9,14H2,1-3H3/t10-/m1/s1. The summed E-state index contributed by atoms with van der Waals surface area (Å²) in [5.74, 6) is 0. The van der Waals surface area contributed by atoms with Crippen LogP contribution in [0.2, 0.25) is 0 Å². The second-order valence-electron chi connectivity index (χ2n) is 5.27. The summed E-state index contributed by atoms with van der Waals surface area (Å²) >= 11 is 0. The first-order valence-corrected chi connectivity index (χ1v) is 6.20. The lowest BCUT2D eigenvalue weighted by molar-refractivity contribution is 0.0229. The highest BCUT2D eigenvalue weighted by atomic mass is 19.1. The van der Waals surface area contributed by atoms with E-state index in [1.54, 1.807) is 20.8 Å². The third-order valence-electron chi connectivity index (χ3n) is 2.14. The maximum atomic E-state index is 12.4. The number of halogens is 1. The number of ether oxygens (including phenoxy) is 1. The third-order valence-corrected chi connectivity index (χ3v) is 2.14. The number of aliphatic hydroxyl groups excluding tert-OH is 1. The first kappa shape index (κ1) is 17.1. The van der Waals surface area contributed by atoms with Crippen molar-refractivity contribution in [3.05, 3.63) is 0 Å². The summed E-state index contributed by atoms with van der Waals surface area (Å²) in [7, 11) is 0. The predicted octanol–water partition coefficient (Wildman–Crippen LogP) is 1.29. The van der Waals surface area contributed by atoms with Crippen LogP contribution in [0.5, 0.6) is 0 Å². The van der Waals surface area contributed by atoms with Crippen molar-refractivity contribution >= 4 is 6.09 Å². The minimum absolute atomic E-state index is 0.0668. The third kappa shape index (κ3) is 8.25. The van der Waals surface area contributed by atoms with Gasteiger partial charge in [-0.05, 0) is 33.6 Å². The molecule has 0 saturated carbocycles. The Morgan fingerprint density at radius 1 is 1.44 bits per heavy atom. The molecule has 18 heavy (non-hydrogen) atoms. The Hall–Kier alpha value is -0.880. The van der Waals surface area contributed by atoms with E-state index in [0.29, 0.717) is 19.4 Å². The van der Waals surface area contributed by atoms with Crippen molar-refractivity contribution in [2.45, 2.75) is 45.3 Å². The van der Waals surface area contributed by atoms with Gasteiger partial charge in [0, 0.05) is 19.7 Å². The van der Waals surface area contributed by atoms with Crippen LogP contribution >= 0.6 is 0 Å². The van der Waals surface area contributed by atoms with Crippen LogP contribution in [0.3, 0.4) is 0 Å². The molecule has 0 aliphatic heterocycles. The van der Waals surface area contributed by atoms with Crippen LogP contribution in [0.15, 0.2) is 0 Å². The van der Waals surface area contributed by atoms with Gasteiger partial charge in [-0.3, -0.25) is 0 Å². The van der Waals surface area contributed by atoms with Gasteiger partial charge in [0.05, 0.1) is 6.04 Å². The molecule has 0 radical (unpaired) electrons. The number of carbonyl (C=O) groups excluding carboxylic acids is 1. The van der Waals surface area contributed by atoms with Gasteiger partial charge in [-0.15, -0.1) is 0 Å². The van der Waals surface area contributed by atoms with Crippen LogP contribution in [0.4, 0.5) is 9.18 Å². The number of hydrogen-bond donors (Lipinski definition) is 2. The molecule has 1 atom stereocenters. The Morgan fingerprint density at radius 3 is 2.50 bits per heavy atom. The van der Waals surface area contributed by atoms with Gasteiger partial charge in [-0.2, -0.15) is 0 Å². The van der Waals surface area contributed by atoms with E-state index in [-0.39, 0.29) is 13.2 Å². The number of alkyl halides is 1. The number of amides is 1. The summed E-state index contributed by atoms with van der Waals surface area (Å²) in [6, 6.07) is -0.702. The molecule has 0 bridgehead atoms. The van der Waals surface area contributed by atoms with Gasteiger partial charge >= 0.3 is 6.09 Å². The molecule has 0 aromatic heterocycles. The molecule has 0 aromatic carbocycles. The number of carbonyl (C=O) groups is 1. The minimum atomic E-state index is -0.702. The largest absolute Gasteiger partial charge is 0.444 e. The highest BCUT2D eigenvalue weighted by molar-refractivity contribution is 5.68. The number of nitrogens with two attached hydrogens (primary N) is 1. The van der Waals surface area contributed by atoms with Gasteiger partial charge in [0.2, 0.25) is 0 Å². The zero-order valence-electron chi connectivity index (χ0n) is 11.5. The Morgan fingerprint density at radius 2 is 2.06 bits per heavy atom. The van der Waals surface area contributed by atoms with Crippen molar-refractivity contribution < 1.29 is 19.0 Å². The predicted molar refractivity (Wildman–Crippen MR) is 68.1 cm³/mol. The average molecular weight is 264 g/mol. The van der Waals surface area contributed by atoms with Crippen molar-refractivity contribution in [1.82, 2.24) is 4.90 Å². The minimum Gasteiger partial charge on any atom is -0.444 e. The maximum Gasteiger partial charge on any atom is 0.410 e. The van der Waals surface area contributed by atoms with Crippen molar-refractivity contribution in [3.63, 3.8) is 0 Å². The van der Waals surface area contributed by atoms with Crippen molar-refractivity contribution in [2.75, 3.05) is 26.4 Å². The maximum absolute atomic E-state index is 12.4. The van der Waals surface area contributed by atoms with E-state index in [0.717, 1.165) is 0 Å². The van der Waals surface area contributed by atoms with Gasteiger partial charge in [0.15, 0.2) is 0 Å². The smallest absolute Gasteiger partial charge is 0.410 e. The first-order chi connectivity index (χ1) is 8.30. The fourth-order valence-corrected chi connectivity index (χ4v) is 1.33. The lowest BCUT2D eigenvalue weighted by Crippen LogP contribution is -2.44. The zero-order valence-corrected chi connectivity index (χ0v) is 11.5. The summed E-state index contributed by atoms with van der Waals surface area (Å²) in [6.07, 6.45) is 0.725. The Kier molecular flexibility index (Phi) is 7.86. The Bertz CT molecular complexity index is 244. The zero-order chi connectivity index (χ0) is 14.2. The highest BCUT2D eigenvalue weighted by Crippen LogP contribution is 2.11. The monoisotopic (exact) mass is 264 g/mol. The molecule has 0 rings (SSSR count). The van der Waals surface area contributed by atoms with Crippen LogP contribution in [0.1, 0.15) is 33.6 Å². The van der Waals surface area contributed by atoms with E-state index in [1.807, 2.05) is 0 Å². The van der Waals surface area contributed by atoms with Crippen LogP contribution in [-0.2, 0) is 4.74 Å². The van der Waals surface area contributed by atoms with Crippen LogP contribution in [0.25, 0.3) is 0 Å². The molecular formula is C12H25FN2O3. The molecule has 0 aliphatic rings. The number of nitrogens with zero attached hydrogens (tertiary/aromatic N) is 1. The number of aliphatic hydroxyl groups is 1. The topological polar surface area (TPSA) is 75.8 Å². The van der Waals surface area contributed by atoms with Crippen LogP contribution in [-0.4, -0.2) is 54.1 Å². The molecule has 3 N–H and O–H groups in total.